The average molecular weight is 520 g/mol. The van der Waals surface area contributed by atoms with Gasteiger partial charge in [-0.2, -0.15) is 0 Å². The number of para-hydroxylation sites is 1. The maximum absolute atomic E-state index is 12.9. The molecule has 0 aliphatic heterocycles. The summed E-state index contributed by atoms with van der Waals surface area (Å²) >= 11 is 13.5. The Hall–Kier alpha value is -2.55. The van der Waals surface area contributed by atoms with Gasteiger partial charge >= 0.3 is 0 Å². The molecule has 0 aliphatic carbocycles. The summed E-state index contributed by atoms with van der Waals surface area (Å²) in [4.78, 5) is 25.4. The minimum atomic E-state index is -0.401. The fraction of sp³-hybridized carbons (Fsp3) is 0.333. The first-order valence-electron chi connectivity index (χ1n) is 10.9. The van der Waals surface area contributed by atoms with Crippen molar-refractivity contribution >= 4 is 52.5 Å². The summed E-state index contributed by atoms with van der Waals surface area (Å²) in [5.74, 6) is 0.394. The number of benzene rings is 2. The number of aromatic nitrogens is 3. The van der Waals surface area contributed by atoms with Crippen molar-refractivity contribution in [1.29, 1.82) is 0 Å². The number of hydrogen-bond acceptors (Lipinski definition) is 5. The van der Waals surface area contributed by atoms with Gasteiger partial charge in [-0.05, 0) is 49.6 Å². The Kier molecular flexibility index (Phi) is 8.99. The van der Waals surface area contributed by atoms with E-state index in [2.05, 4.69) is 20.8 Å². The van der Waals surface area contributed by atoms with Crippen molar-refractivity contribution in [2.75, 3.05) is 11.1 Å². The number of hydrogen-bond donors (Lipinski definition) is 2. The van der Waals surface area contributed by atoms with E-state index in [-0.39, 0.29) is 28.5 Å². The summed E-state index contributed by atoms with van der Waals surface area (Å²) in [5.41, 5.74) is 2.12. The lowest BCUT2D eigenvalue weighted by molar-refractivity contribution is -0.113. The number of halogens is 2. The van der Waals surface area contributed by atoms with Crippen LogP contribution in [0, 0.1) is 12.8 Å². The minimum Gasteiger partial charge on any atom is -0.342 e. The highest BCUT2D eigenvalue weighted by molar-refractivity contribution is 7.99. The molecule has 1 atom stereocenters. The van der Waals surface area contributed by atoms with E-state index in [1.807, 2.05) is 56.5 Å². The van der Waals surface area contributed by atoms with Gasteiger partial charge in [-0.15, -0.1) is 10.2 Å². The van der Waals surface area contributed by atoms with E-state index in [4.69, 9.17) is 23.2 Å². The normalized spacial score (nSPS) is 12.0. The van der Waals surface area contributed by atoms with Gasteiger partial charge in [-0.3, -0.25) is 9.59 Å². The molecule has 7 nitrogen and oxygen atoms in total. The molecule has 0 saturated heterocycles. The lowest BCUT2D eigenvalue weighted by Gasteiger charge is -2.22. The third kappa shape index (κ3) is 6.31. The minimum absolute atomic E-state index is 0.0340. The van der Waals surface area contributed by atoms with Crippen LogP contribution >= 0.6 is 35.0 Å². The van der Waals surface area contributed by atoms with Crippen molar-refractivity contribution in [3.63, 3.8) is 0 Å². The van der Waals surface area contributed by atoms with Gasteiger partial charge in [0.05, 0.1) is 22.4 Å². The molecule has 0 spiro atoms. The number of anilines is 1. The molecule has 0 radical (unpaired) electrons. The number of aryl methyl sites for hydroxylation is 1. The molecule has 3 aromatic rings. The van der Waals surface area contributed by atoms with Gasteiger partial charge in [-0.1, -0.05) is 67.0 Å². The Labute approximate surface area is 213 Å². The number of amides is 2. The van der Waals surface area contributed by atoms with Crippen LogP contribution in [-0.2, 0) is 11.3 Å². The first kappa shape index (κ1) is 26.1. The third-order valence-corrected chi connectivity index (χ3v) is 6.73. The van der Waals surface area contributed by atoms with Gasteiger partial charge in [0.15, 0.2) is 11.0 Å². The molecule has 2 amide bonds. The van der Waals surface area contributed by atoms with Crippen LogP contribution in [0.3, 0.4) is 0 Å². The van der Waals surface area contributed by atoms with Crippen molar-refractivity contribution in [1.82, 2.24) is 20.1 Å². The molecule has 10 heteroatoms. The molecular formula is C24H27Cl2N5O2S. The van der Waals surface area contributed by atoms with Crippen molar-refractivity contribution in [3.05, 3.63) is 69.5 Å². The van der Waals surface area contributed by atoms with Gasteiger partial charge in [0.1, 0.15) is 0 Å². The second kappa shape index (κ2) is 11.7. The molecule has 0 saturated carbocycles. The zero-order valence-electron chi connectivity index (χ0n) is 19.4. The molecule has 180 valence electrons. The van der Waals surface area contributed by atoms with Crippen molar-refractivity contribution in [2.24, 2.45) is 5.92 Å². The van der Waals surface area contributed by atoms with Gasteiger partial charge in [-0.25, -0.2) is 0 Å². The number of carbonyl (C=O) groups is 2. The number of rotatable bonds is 9. The lowest BCUT2D eigenvalue weighted by Crippen LogP contribution is -2.34. The Bertz CT molecular complexity index is 1180. The van der Waals surface area contributed by atoms with Crippen LogP contribution in [0.25, 0.3) is 0 Å². The second-order valence-corrected chi connectivity index (χ2v) is 9.84. The van der Waals surface area contributed by atoms with Crippen molar-refractivity contribution in [3.8, 4) is 0 Å². The van der Waals surface area contributed by atoms with Crippen molar-refractivity contribution < 1.29 is 9.59 Å². The molecule has 0 unspecified atom stereocenters. The quantitative estimate of drug-likeness (QED) is 0.350. The zero-order chi connectivity index (χ0) is 24.8. The topological polar surface area (TPSA) is 88.9 Å². The number of nitrogens with one attached hydrogen (secondary N) is 2. The predicted octanol–water partition coefficient (Wildman–Crippen LogP) is 5.77. The number of carbonyl (C=O) groups excluding carboxylic acids is 2. The highest BCUT2D eigenvalue weighted by atomic mass is 35.5. The predicted molar refractivity (Wildman–Crippen MR) is 138 cm³/mol. The molecule has 0 aliphatic rings. The molecule has 2 N–H and O–H groups in total. The summed E-state index contributed by atoms with van der Waals surface area (Å²) < 4.78 is 1.92. The Morgan fingerprint density at radius 3 is 2.50 bits per heavy atom. The van der Waals surface area contributed by atoms with E-state index in [9.17, 15) is 9.59 Å². The molecule has 2 aromatic carbocycles. The van der Waals surface area contributed by atoms with Crippen molar-refractivity contribution in [2.45, 2.75) is 45.4 Å². The fourth-order valence-electron chi connectivity index (χ4n) is 3.39. The van der Waals surface area contributed by atoms with E-state index >= 15 is 0 Å². The third-order valence-electron chi connectivity index (χ3n) is 5.22. The zero-order valence-corrected chi connectivity index (χ0v) is 21.8. The molecule has 34 heavy (non-hydrogen) atoms. The van der Waals surface area contributed by atoms with Crippen LogP contribution in [0.1, 0.15) is 48.6 Å². The number of thioether (sulfide) groups is 1. The summed E-state index contributed by atoms with van der Waals surface area (Å²) in [5, 5.41) is 16.0. The number of nitrogens with zero attached hydrogens (tertiary/aromatic N) is 3. The van der Waals surface area contributed by atoms with E-state index in [1.165, 1.54) is 17.8 Å². The maximum Gasteiger partial charge on any atom is 0.253 e. The van der Waals surface area contributed by atoms with Gasteiger partial charge in [0, 0.05) is 17.3 Å². The Morgan fingerprint density at radius 2 is 1.85 bits per heavy atom. The van der Waals surface area contributed by atoms with E-state index in [0.29, 0.717) is 28.1 Å². The van der Waals surface area contributed by atoms with Crippen LogP contribution in [0.2, 0.25) is 10.0 Å². The maximum atomic E-state index is 12.9. The van der Waals surface area contributed by atoms with Gasteiger partial charge in [0.2, 0.25) is 5.91 Å². The highest BCUT2D eigenvalue weighted by Crippen LogP contribution is 2.27. The van der Waals surface area contributed by atoms with Crippen LogP contribution < -0.4 is 10.6 Å². The lowest BCUT2D eigenvalue weighted by atomic mass is 10.0. The monoisotopic (exact) mass is 519 g/mol. The molecule has 0 fully saturated rings. The summed E-state index contributed by atoms with van der Waals surface area (Å²) in [7, 11) is 0. The summed E-state index contributed by atoms with van der Waals surface area (Å²) in [6, 6.07) is 12.0. The molecular weight excluding hydrogens is 493 g/mol. The van der Waals surface area contributed by atoms with Crippen LogP contribution in [0.4, 0.5) is 5.69 Å². The second-order valence-electron chi connectivity index (χ2n) is 8.06. The van der Waals surface area contributed by atoms with Gasteiger partial charge in [0.25, 0.3) is 5.91 Å². The van der Waals surface area contributed by atoms with E-state index < -0.39 is 6.04 Å². The first-order chi connectivity index (χ1) is 16.2. The SMILES string of the molecule is CCn1c(SCC(=O)Nc2ccccc2C)nnc1[C@H](NC(=O)c1ccc(Cl)cc1Cl)C(C)C. The molecule has 1 aromatic heterocycles. The summed E-state index contributed by atoms with van der Waals surface area (Å²) in [6.45, 7) is 8.49. The van der Waals surface area contributed by atoms with Crippen LogP contribution in [-0.4, -0.2) is 32.3 Å². The Balaban J connectivity index is 1.74. The average Bonchev–Trinajstić information content (AvgIpc) is 3.19. The molecule has 3 rings (SSSR count). The van der Waals surface area contributed by atoms with Crippen LogP contribution in [0.15, 0.2) is 47.6 Å². The van der Waals surface area contributed by atoms with Gasteiger partial charge < -0.3 is 15.2 Å². The molecule has 0 bridgehead atoms. The largest absolute Gasteiger partial charge is 0.342 e. The van der Waals surface area contributed by atoms with E-state index in [0.717, 1.165) is 11.3 Å². The highest BCUT2D eigenvalue weighted by Gasteiger charge is 2.27. The smallest absolute Gasteiger partial charge is 0.253 e. The fourth-order valence-corrected chi connectivity index (χ4v) is 4.69. The standard InChI is InChI=1S/C24H27Cl2N5O2S/c1-5-31-22(21(14(2)3)28-23(33)17-11-10-16(25)12-18(17)26)29-30-24(31)34-13-20(32)27-19-9-7-6-8-15(19)4/h6-12,14,21H,5,13H2,1-4H3,(H,27,32)(H,28,33)/t21-/m1/s1. The summed E-state index contributed by atoms with van der Waals surface area (Å²) in [6.07, 6.45) is 0. The van der Waals surface area contributed by atoms with Crippen LogP contribution in [0.5, 0.6) is 0 Å². The molecule has 1 heterocycles. The Morgan fingerprint density at radius 1 is 1.12 bits per heavy atom. The first-order valence-corrected chi connectivity index (χ1v) is 12.6. The van der Waals surface area contributed by atoms with E-state index in [1.54, 1.807) is 12.1 Å².